The van der Waals surface area contributed by atoms with Gasteiger partial charge >= 0.3 is 0 Å². The second-order valence-electron chi connectivity index (χ2n) is 4.67. The van der Waals surface area contributed by atoms with Gasteiger partial charge in [0, 0.05) is 17.1 Å². The summed E-state index contributed by atoms with van der Waals surface area (Å²) in [7, 11) is 0. The molecular weight excluding hydrogens is 267 g/mol. The van der Waals surface area contributed by atoms with E-state index in [0.717, 1.165) is 11.1 Å². The minimum Gasteiger partial charge on any atom is -0.455 e. The van der Waals surface area contributed by atoms with Crippen molar-refractivity contribution < 1.29 is 9.13 Å². The summed E-state index contributed by atoms with van der Waals surface area (Å²) in [6, 6.07) is 15.2. The SMILES string of the molecule is Cc1ccc2cccc(Oc3cc(F)cc(C#N)c3)c2n1. The van der Waals surface area contributed by atoms with Gasteiger partial charge in [0.25, 0.3) is 0 Å². The predicted octanol–water partition coefficient (Wildman–Crippen LogP) is 4.35. The van der Waals surface area contributed by atoms with E-state index in [1.54, 1.807) is 6.07 Å². The van der Waals surface area contributed by atoms with Gasteiger partial charge < -0.3 is 4.74 Å². The highest BCUT2D eigenvalue weighted by molar-refractivity contribution is 5.84. The first-order valence-electron chi connectivity index (χ1n) is 6.40. The van der Waals surface area contributed by atoms with Crippen LogP contribution in [-0.2, 0) is 0 Å². The van der Waals surface area contributed by atoms with Gasteiger partial charge in [-0.05, 0) is 31.2 Å². The van der Waals surface area contributed by atoms with Crippen LogP contribution in [0.5, 0.6) is 11.5 Å². The quantitative estimate of drug-likeness (QED) is 0.700. The number of para-hydroxylation sites is 1. The first-order valence-corrected chi connectivity index (χ1v) is 6.40. The molecule has 21 heavy (non-hydrogen) atoms. The Kier molecular flexibility index (Phi) is 3.25. The standard InChI is InChI=1S/C17H11FN2O/c1-11-5-6-13-3-2-4-16(17(13)20-11)21-15-8-12(10-19)7-14(18)9-15/h2-9H,1H3. The Morgan fingerprint density at radius 1 is 1.14 bits per heavy atom. The van der Waals surface area contributed by atoms with Crippen molar-refractivity contribution >= 4 is 10.9 Å². The third kappa shape index (κ3) is 2.67. The zero-order chi connectivity index (χ0) is 14.8. The second-order valence-corrected chi connectivity index (χ2v) is 4.67. The molecule has 4 heteroatoms. The molecular formula is C17H11FN2O. The van der Waals surface area contributed by atoms with Crippen molar-refractivity contribution in [3.63, 3.8) is 0 Å². The Balaban J connectivity index is 2.08. The third-order valence-corrected chi connectivity index (χ3v) is 3.05. The average Bonchev–Trinajstić information content (AvgIpc) is 2.47. The number of aromatic nitrogens is 1. The molecule has 3 aromatic rings. The number of pyridine rings is 1. The summed E-state index contributed by atoms with van der Waals surface area (Å²) in [5.74, 6) is 0.307. The maximum atomic E-state index is 13.4. The molecule has 0 atom stereocenters. The van der Waals surface area contributed by atoms with E-state index >= 15 is 0 Å². The maximum Gasteiger partial charge on any atom is 0.153 e. The van der Waals surface area contributed by atoms with Crippen LogP contribution >= 0.6 is 0 Å². The van der Waals surface area contributed by atoms with Gasteiger partial charge in [-0.1, -0.05) is 18.2 Å². The highest BCUT2D eigenvalue weighted by atomic mass is 19.1. The van der Waals surface area contributed by atoms with Crippen LogP contribution in [0.2, 0.25) is 0 Å². The Morgan fingerprint density at radius 3 is 2.81 bits per heavy atom. The first-order chi connectivity index (χ1) is 10.2. The molecule has 0 amide bonds. The van der Waals surface area contributed by atoms with Crippen LogP contribution in [0.1, 0.15) is 11.3 Å². The minimum absolute atomic E-state index is 0.217. The summed E-state index contributed by atoms with van der Waals surface area (Å²) in [6.45, 7) is 1.90. The lowest BCUT2D eigenvalue weighted by Crippen LogP contribution is -1.91. The monoisotopic (exact) mass is 278 g/mol. The highest BCUT2D eigenvalue weighted by Crippen LogP contribution is 2.29. The molecule has 2 aromatic carbocycles. The van der Waals surface area contributed by atoms with Gasteiger partial charge in [0.2, 0.25) is 0 Å². The van der Waals surface area contributed by atoms with Crippen LogP contribution in [0.4, 0.5) is 4.39 Å². The number of nitriles is 1. The van der Waals surface area contributed by atoms with Gasteiger partial charge in [-0.25, -0.2) is 9.37 Å². The Labute approximate surface area is 121 Å². The molecule has 0 unspecified atom stereocenters. The normalized spacial score (nSPS) is 10.3. The molecule has 3 nitrogen and oxygen atoms in total. The van der Waals surface area contributed by atoms with E-state index in [2.05, 4.69) is 4.98 Å². The highest BCUT2D eigenvalue weighted by Gasteiger charge is 2.07. The van der Waals surface area contributed by atoms with E-state index in [9.17, 15) is 4.39 Å². The Morgan fingerprint density at radius 2 is 2.00 bits per heavy atom. The van der Waals surface area contributed by atoms with Crippen LogP contribution in [0.25, 0.3) is 10.9 Å². The van der Waals surface area contributed by atoms with Crippen molar-refractivity contribution in [1.29, 1.82) is 5.26 Å². The number of benzene rings is 2. The predicted molar refractivity (Wildman–Crippen MR) is 77.7 cm³/mol. The van der Waals surface area contributed by atoms with Gasteiger partial charge in [-0.15, -0.1) is 0 Å². The maximum absolute atomic E-state index is 13.4. The van der Waals surface area contributed by atoms with Crippen molar-refractivity contribution in [3.05, 3.63) is 65.6 Å². The number of ether oxygens (including phenoxy) is 1. The van der Waals surface area contributed by atoms with Crippen LogP contribution in [-0.4, -0.2) is 4.98 Å². The fraction of sp³-hybridized carbons (Fsp3) is 0.0588. The van der Waals surface area contributed by atoms with Crippen molar-refractivity contribution in [3.8, 4) is 17.6 Å². The molecule has 1 heterocycles. The van der Waals surface area contributed by atoms with Crippen molar-refractivity contribution in [2.24, 2.45) is 0 Å². The largest absolute Gasteiger partial charge is 0.455 e. The molecule has 0 aliphatic heterocycles. The van der Waals surface area contributed by atoms with Gasteiger partial charge in [-0.2, -0.15) is 5.26 Å². The lowest BCUT2D eigenvalue weighted by molar-refractivity contribution is 0.480. The molecule has 3 rings (SSSR count). The first kappa shape index (κ1) is 13.1. The summed E-state index contributed by atoms with van der Waals surface area (Å²) in [5, 5.41) is 9.82. The molecule has 0 saturated heterocycles. The van der Waals surface area contributed by atoms with Crippen LogP contribution in [0.3, 0.4) is 0 Å². The number of hydrogen-bond donors (Lipinski definition) is 0. The fourth-order valence-corrected chi connectivity index (χ4v) is 2.11. The third-order valence-electron chi connectivity index (χ3n) is 3.05. The van der Waals surface area contributed by atoms with Gasteiger partial charge in [-0.3, -0.25) is 0 Å². The number of nitrogens with zero attached hydrogens (tertiary/aromatic N) is 2. The van der Waals surface area contributed by atoms with E-state index in [1.165, 1.54) is 18.2 Å². The molecule has 1 aromatic heterocycles. The number of rotatable bonds is 2. The van der Waals surface area contributed by atoms with Gasteiger partial charge in [0.05, 0.1) is 11.6 Å². The summed E-state index contributed by atoms with van der Waals surface area (Å²) < 4.78 is 19.2. The molecule has 102 valence electrons. The van der Waals surface area contributed by atoms with Crippen molar-refractivity contribution in [2.75, 3.05) is 0 Å². The Bertz CT molecular complexity index is 868. The van der Waals surface area contributed by atoms with E-state index in [-0.39, 0.29) is 11.3 Å². The van der Waals surface area contributed by atoms with E-state index in [1.807, 2.05) is 37.3 Å². The molecule has 0 fully saturated rings. The summed E-state index contributed by atoms with van der Waals surface area (Å²) in [5.41, 5.74) is 1.80. The topological polar surface area (TPSA) is 45.9 Å². The zero-order valence-corrected chi connectivity index (χ0v) is 11.3. The summed E-state index contributed by atoms with van der Waals surface area (Å²) in [6.07, 6.45) is 0. The zero-order valence-electron chi connectivity index (χ0n) is 11.3. The van der Waals surface area contributed by atoms with E-state index in [4.69, 9.17) is 10.00 Å². The molecule has 0 aliphatic carbocycles. The summed E-state index contributed by atoms with van der Waals surface area (Å²) in [4.78, 5) is 4.45. The number of halogens is 1. The number of fused-ring (bicyclic) bond motifs is 1. The molecule has 0 saturated carbocycles. The van der Waals surface area contributed by atoms with E-state index in [0.29, 0.717) is 11.3 Å². The van der Waals surface area contributed by atoms with Crippen LogP contribution < -0.4 is 4.74 Å². The lowest BCUT2D eigenvalue weighted by atomic mass is 10.2. The fourth-order valence-electron chi connectivity index (χ4n) is 2.11. The molecule has 0 radical (unpaired) electrons. The van der Waals surface area contributed by atoms with Crippen molar-refractivity contribution in [1.82, 2.24) is 4.98 Å². The molecule has 0 aliphatic rings. The molecule has 0 spiro atoms. The molecule has 0 N–H and O–H groups in total. The van der Waals surface area contributed by atoms with E-state index < -0.39 is 5.82 Å². The minimum atomic E-state index is -0.506. The Hall–Kier alpha value is -2.93. The van der Waals surface area contributed by atoms with Gasteiger partial charge in [0.15, 0.2) is 5.75 Å². The number of aryl methyl sites for hydroxylation is 1. The van der Waals surface area contributed by atoms with Gasteiger partial charge in [0.1, 0.15) is 17.1 Å². The van der Waals surface area contributed by atoms with Crippen LogP contribution in [0, 0.1) is 24.1 Å². The number of hydrogen-bond acceptors (Lipinski definition) is 3. The van der Waals surface area contributed by atoms with Crippen molar-refractivity contribution in [2.45, 2.75) is 6.92 Å². The smallest absolute Gasteiger partial charge is 0.153 e. The van der Waals surface area contributed by atoms with Crippen LogP contribution in [0.15, 0.2) is 48.5 Å². The molecule has 0 bridgehead atoms. The second kappa shape index (κ2) is 5.22. The average molecular weight is 278 g/mol. The summed E-state index contributed by atoms with van der Waals surface area (Å²) >= 11 is 0. The lowest BCUT2D eigenvalue weighted by Gasteiger charge is -2.09.